The number of hydrogen-bond acceptors (Lipinski definition) is 4. The molecule has 1 heterocycles. The zero-order valence-corrected chi connectivity index (χ0v) is 11.7. The molecule has 1 aliphatic heterocycles. The highest BCUT2D eigenvalue weighted by atomic mass is 16.5. The summed E-state index contributed by atoms with van der Waals surface area (Å²) in [4.78, 5) is 14.0. The first kappa shape index (κ1) is 13.9. The number of Topliss-reactive ketones (excluding diaryl/α,β-unsaturated/α-hetero) is 1. The Morgan fingerprint density at radius 1 is 1.53 bits per heavy atom. The topological polar surface area (TPSA) is 49.8 Å². The Bertz CT molecular complexity index is 470. The third-order valence-corrected chi connectivity index (χ3v) is 3.82. The number of carbonyl (C=O) groups is 1. The van der Waals surface area contributed by atoms with Gasteiger partial charge in [-0.2, -0.15) is 0 Å². The van der Waals surface area contributed by atoms with Gasteiger partial charge in [-0.1, -0.05) is 6.07 Å². The Kier molecular flexibility index (Phi) is 4.10. The summed E-state index contributed by atoms with van der Waals surface area (Å²) in [5, 5.41) is 9.68. The van der Waals surface area contributed by atoms with Gasteiger partial charge in [0.1, 0.15) is 5.75 Å². The van der Waals surface area contributed by atoms with E-state index in [0.717, 1.165) is 25.2 Å². The van der Waals surface area contributed by atoms with E-state index < -0.39 is 0 Å². The average molecular weight is 263 g/mol. The Morgan fingerprint density at radius 2 is 2.26 bits per heavy atom. The van der Waals surface area contributed by atoms with Gasteiger partial charge in [-0.25, -0.2) is 0 Å². The second-order valence-electron chi connectivity index (χ2n) is 5.15. The van der Waals surface area contributed by atoms with E-state index >= 15 is 0 Å². The van der Waals surface area contributed by atoms with Gasteiger partial charge in [0.2, 0.25) is 0 Å². The molecule has 19 heavy (non-hydrogen) atoms. The van der Waals surface area contributed by atoms with Crippen LogP contribution in [0, 0.1) is 5.92 Å². The highest BCUT2D eigenvalue weighted by Crippen LogP contribution is 2.33. The van der Waals surface area contributed by atoms with Crippen LogP contribution >= 0.6 is 0 Å². The molecular formula is C15H21NO3. The van der Waals surface area contributed by atoms with E-state index in [-0.39, 0.29) is 17.8 Å². The fraction of sp³-hybridized carbons (Fsp3) is 0.533. The first-order chi connectivity index (χ1) is 9.04. The number of carbonyl (C=O) groups excluding carboxylic acids is 1. The van der Waals surface area contributed by atoms with Crippen LogP contribution in [0.25, 0.3) is 0 Å². The molecular weight excluding hydrogens is 242 g/mol. The van der Waals surface area contributed by atoms with Crippen LogP contribution in [-0.4, -0.2) is 37.2 Å². The van der Waals surface area contributed by atoms with Crippen molar-refractivity contribution in [2.45, 2.75) is 26.4 Å². The maximum atomic E-state index is 11.9. The number of aliphatic hydroxyl groups excluding tert-OH is 1. The lowest BCUT2D eigenvalue weighted by molar-refractivity contribution is 0.101. The molecule has 0 aliphatic carbocycles. The first-order valence-electron chi connectivity index (χ1n) is 6.65. The summed E-state index contributed by atoms with van der Waals surface area (Å²) >= 11 is 0. The lowest BCUT2D eigenvalue weighted by Crippen LogP contribution is -2.25. The van der Waals surface area contributed by atoms with Gasteiger partial charge in [0.25, 0.3) is 0 Å². The minimum Gasteiger partial charge on any atom is -0.496 e. The Balaban J connectivity index is 2.33. The second kappa shape index (κ2) is 5.61. The van der Waals surface area contributed by atoms with Crippen LogP contribution < -0.4 is 9.64 Å². The molecule has 4 heteroatoms. The van der Waals surface area contributed by atoms with E-state index in [4.69, 9.17) is 4.74 Å². The lowest BCUT2D eigenvalue weighted by atomic mass is 10.0. The number of rotatable bonds is 4. The van der Waals surface area contributed by atoms with Gasteiger partial charge in [0.15, 0.2) is 5.78 Å². The van der Waals surface area contributed by atoms with Crippen LogP contribution in [0.15, 0.2) is 18.2 Å². The van der Waals surface area contributed by atoms with E-state index in [1.54, 1.807) is 14.0 Å². The van der Waals surface area contributed by atoms with Gasteiger partial charge in [-0.05, 0) is 32.4 Å². The summed E-state index contributed by atoms with van der Waals surface area (Å²) in [5.41, 5.74) is 1.55. The summed E-state index contributed by atoms with van der Waals surface area (Å²) in [6.45, 7) is 5.03. The number of nitrogens with zero attached hydrogens (tertiary/aromatic N) is 1. The van der Waals surface area contributed by atoms with E-state index in [9.17, 15) is 9.90 Å². The van der Waals surface area contributed by atoms with Gasteiger partial charge >= 0.3 is 0 Å². The molecule has 0 aromatic heterocycles. The normalized spacial score (nSPS) is 20.4. The minimum absolute atomic E-state index is 0.00736. The number of benzene rings is 1. The molecule has 1 fully saturated rings. The monoisotopic (exact) mass is 263 g/mol. The summed E-state index contributed by atoms with van der Waals surface area (Å²) in [7, 11) is 1.58. The van der Waals surface area contributed by atoms with Crippen molar-refractivity contribution in [1.82, 2.24) is 0 Å². The molecule has 1 aliphatic rings. The molecule has 0 bridgehead atoms. The van der Waals surface area contributed by atoms with Crippen molar-refractivity contribution in [3.05, 3.63) is 23.8 Å². The van der Waals surface area contributed by atoms with E-state index in [0.29, 0.717) is 11.3 Å². The largest absolute Gasteiger partial charge is 0.496 e. The Hall–Kier alpha value is -1.55. The molecule has 0 saturated carbocycles. The molecule has 104 valence electrons. The zero-order chi connectivity index (χ0) is 14.0. The summed E-state index contributed by atoms with van der Waals surface area (Å²) in [6, 6.07) is 5.66. The summed E-state index contributed by atoms with van der Waals surface area (Å²) < 4.78 is 5.28. The highest BCUT2D eigenvalue weighted by molar-refractivity contribution is 6.02. The predicted octanol–water partition coefficient (Wildman–Crippen LogP) is 2.10. The number of hydrogen-bond donors (Lipinski definition) is 1. The quantitative estimate of drug-likeness (QED) is 0.845. The standard InChI is InChI=1S/C15H21NO3/c1-10(17)12-7-8-16(9-12)13-5-4-6-14(19-3)15(13)11(2)18/h4-6,10,12,17H,7-9H2,1-3H3. The van der Waals surface area contributed by atoms with Crippen LogP contribution in [0.3, 0.4) is 0 Å². The second-order valence-corrected chi connectivity index (χ2v) is 5.15. The van der Waals surface area contributed by atoms with Crippen molar-refractivity contribution in [1.29, 1.82) is 0 Å². The molecule has 4 nitrogen and oxygen atoms in total. The first-order valence-corrected chi connectivity index (χ1v) is 6.65. The number of aliphatic hydroxyl groups is 1. The van der Waals surface area contributed by atoms with Gasteiger partial charge in [-0.3, -0.25) is 4.79 Å². The molecule has 1 aromatic rings. The number of ketones is 1. The maximum absolute atomic E-state index is 11.9. The SMILES string of the molecule is COc1cccc(N2CCC(C(C)O)C2)c1C(C)=O. The van der Waals surface area contributed by atoms with Gasteiger partial charge < -0.3 is 14.7 Å². The van der Waals surface area contributed by atoms with Crippen molar-refractivity contribution in [2.24, 2.45) is 5.92 Å². The smallest absolute Gasteiger partial charge is 0.165 e. The predicted molar refractivity (Wildman–Crippen MR) is 75.0 cm³/mol. The van der Waals surface area contributed by atoms with Crippen LogP contribution in [-0.2, 0) is 0 Å². The molecule has 1 aromatic carbocycles. The van der Waals surface area contributed by atoms with Crippen LogP contribution in [0.2, 0.25) is 0 Å². The molecule has 0 radical (unpaired) electrons. The Labute approximate surface area is 114 Å². The van der Waals surface area contributed by atoms with Gasteiger partial charge in [0, 0.05) is 19.0 Å². The summed E-state index contributed by atoms with van der Waals surface area (Å²) in [6.07, 6.45) is 0.642. The van der Waals surface area contributed by atoms with E-state index in [1.165, 1.54) is 0 Å². The zero-order valence-electron chi connectivity index (χ0n) is 11.7. The van der Waals surface area contributed by atoms with Crippen LogP contribution in [0.5, 0.6) is 5.75 Å². The molecule has 0 spiro atoms. The van der Waals surface area contributed by atoms with E-state index in [2.05, 4.69) is 4.90 Å². The van der Waals surface area contributed by atoms with E-state index in [1.807, 2.05) is 25.1 Å². The van der Waals surface area contributed by atoms with Crippen molar-refractivity contribution in [3.8, 4) is 5.75 Å². The molecule has 2 atom stereocenters. The van der Waals surface area contributed by atoms with Crippen molar-refractivity contribution >= 4 is 11.5 Å². The lowest BCUT2D eigenvalue weighted by Gasteiger charge is -2.23. The molecule has 1 saturated heterocycles. The van der Waals surface area contributed by atoms with Crippen molar-refractivity contribution in [3.63, 3.8) is 0 Å². The van der Waals surface area contributed by atoms with Crippen molar-refractivity contribution in [2.75, 3.05) is 25.1 Å². The average Bonchev–Trinajstić information content (AvgIpc) is 2.87. The van der Waals surface area contributed by atoms with Crippen LogP contribution in [0.1, 0.15) is 30.6 Å². The fourth-order valence-corrected chi connectivity index (χ4v) is 2.71. The number of anilines is 1. The van der Waals surface area contributed by atoms with Gasteiger partial charge in [-0.15, -0.1) is 0 Å². The fourth-order valence-electron chi connectivity index (χ4n) is 2.71. The van der Waals surface area contributed by atoms with Crippen LogP contribution in [0.4, 0.5) is 5.69 Å². The third kappa shape index (κ3) is 2.73. The minimum atomic E-state index is -0.309. The van der Waals surface area contributed by atoms with Gasteiger partial charge in [0.05, 0.1) is 24.5 Å². The summed E-state index contributed by atoms with van der Waals surface area (Å²) in [5.74, 6) is 0.893. The Morgan fingerprint density at radius 3 is 2.79 bits per heavy atom. The third-order valence-electron chi connectivity index (χ3n) is 3.82. The molecule has 2 rings (SSSR count). The van der Waals surface area contributed by atoms with Crippen molar-refractivity contribution < 1.29 is 14.6 Å². The molecule has 2 unspecified atom stereocenters. The molecule has 1 N–H and O–H groups in total. The number of ether oxygens (including phenoxy) is 1. The number of methoxy groups -OCH3 is 1. The maximum Gasteiger partial charge on any atom is 0.165 e. The highest BCUT2D eigenvalue weighted by Gasteiger charge is 2.28. The molecule has 0 amide bonds.